The van der Waals surface area contributed by atoms with E-state index in [1.807, 2.05) is 12.3 Å². The van der Waals surface area contributed by atoms with E-state index in [-0.39, 0.29) is 17.3 Å². The molecule has 1 fully saturated rings. The van der Waals surface area contributed by atoms with Crippen LogP contribution in [0.4, 0.5) is 10.8 Å². The van der Waals surface area contributed by atoms with Crippen molar-refractivity contribution >= 4 is 38.1 Å². The summed E-state index contributed by atoms with van der Waals surface area (Å²) in [4.78, 5) is 21.3. The molecule has 0 radical (unpaired) electrons. The molecule has 0 spiro atoms. The molecular weight excluding hydrogens is 398 g/mol. The number of primary sulfonamides is 1. The zero-order chi connectivity index (χ0) is 20.3. The van der Waals surface area contributed by atoms with Crippen LogP contribution in [0.5, 0.6) is 0 Å². The largest absolute Gasteiger partial charge is 0.347 e. The van der Waals surface area contributed by atoms with E-state index in [2.05, 4.69) is 20.1 Å². The van der Waals surface area contributed by atoms with E-state index in [1.54, 1.807) is 24.5 Å². The number of benzene rings is 1. The highest BCUT2D eigenvalue weighted by Gasteiger charge is 2.20. The van der Waals surface area contributed by atoms with Gasteiger partial charge in [0.25, 0.3) is 0 Å². The van der Waals surface area contributed by atoms with Crippen LogP contribution in [0.15, 0.2) is 28.6 Å². The van der Waals surface area contributed by atoms with E-state index in [0.29, 0.717) is 5.69 Å². The van der Waals surface area contributed by atoms with Gasteiger partial charge in [0, 0.05) is 43.4 Å². The Morgan fingerprint density at radius 2 is 2.04 bits per heavy atom. The standard InChI is InChI=1S/C18H25N5O3S2/c1-13-10-15(28(19,25)26)11-16(14(13)2)21-17(24)12-22-5-3-6-23(8-7-22)18-20-4-9-27-18/h4,9-11H,3,5-8,12H2,1-2H3,(H,21,24)(H2,19,25,26). The summed E-state index contributed by atoms with van der Waals surface area (Å²) in [6, 6.07) is 2.94. The number of rotatable bonds is 5. The van der Waals surface area contributed by atoms with Gasteiger partial charge in [-0.1, -0.05) is 0 Å². The number of aryl methyl sites for hydroxylation is 1. The lowest BCUT2D eigenvalue weighted by Crippen LogP contribution is -2.36. The second kappa shape index (κ2) is 8.56. The Morgan fingerprint density at radius 3 is 2.71 bits per heavy atom. The van der Waals surface area contributed by atoms with Gasteiger partial charge in [0.05, 0.1) is 11.4 Å². The van der Waals surface area contributed by atoms with Gasteiger partial charge in [0.2, 0.25) is 15.9 Å². The molecule has 0 bridgehead atoms. The monoisotopic (exact) mass is 423 g/mol. The minimum atomic E-state index is -3.83. The summed E-state index contributed by atoms with van der Waals surface area (Å²) in [7, 11) is -3.83. The highest BCUT2D eigenvalue weighted by molar-refractivity contribution is 7.89. The Kier molecular flexibility index (Phi) is 6.33. The van der Waals surface area contributed by atoms with E-state index < -0.39 is 10.0 Å². The lowest BCUT2D eigenvalue weighted by Gasteiger charge is -2.21. The first kappa shape index (κ1) is 20.7. The molecule has 10 heteroatoms. The Balaban J connectivity index is 1.64. The average molecular weight is 424 g/mol. The molecule has 2 heterocycles. The molecule has 1 aromatic carbocycles. The molecule has 0 atom stereocenters. The maximum atomic E-state index is 12.6. The summed E-state index contributed by atoms with van der Waals surface area (Å²) in [6.07, 6.45) is 2.75. The third kappa shape index (κ3) is 5.07. The number of amides is 1. The molecule has 1 aliphatic heterocycles. The Bertz CT molecular complexity index is 944. The van der Waals surface area contributed by atoms with E-state index in [0.717, 1.165) is 48.9 Å². The van der Waals surface area contributed by atoms with Crippen LogP contribution in [-0.2, 0) is 14.8 Å². The predicted octanol–water partition coefficient (Wildman–Crippen LogP) is 1.56. The average Bonchev–Trinajstić information content (AvgIpc) is 3.05. The second-order valence-corrected chi connectivity index (χ2v) is 9.37. The molecule has 1 amide bonds. The van der Waals surface area contributed by atoms with Crippen molar-refractivity contribution in [2.24, 2.45) is 5.14 Å². The SMILES string of the molecule is Cc1cc(S(N)(=O)=O)cc(NC(=O)CN2CCCN(c3nccs3)CC2)c1C. The molecule has 0 saturated carbocycles. The van der Waals surface area contributed by atoms with Gasteiger partial charge in [-0.15, -0.1) is 11.3 Å². The van der Waals surface area contributed by atoms with Crippen LogP contribution < -0.4 is 15.4 Å². The molecule has 1 saturated heterocycles. The van der Waals surface area contributed by atoms with Crippen LogP contribution in [-0.4, -0.2) is 56.9 Å². The zero-order valence-corrected chi connectivity index (χ0v) is 17.6. The van der Waals surface area contributed by atoms with Gasteiger partial charge in [0.15, 0.2) is 5.13 Å². The third-order valence-corrected chi connectivity index (χ3v) is 6.61. The summed E-state index contributed by atoms with van der Waals surface area (Å²) in [5.41, 5.74) is 2.07. The highest BCUT2D eigenvalue weighted by Crippen LogP contribution is 2.24. The molecular formula is C18H25N5O3S2. The molecule has 3 rings (SSSR count). The number of sulfonamides is 1. The second-order valence-electron chi connectivity index (χ2n) is 6.94. The van der Waals surface area contributed by atoms with Crippen LogP contribution in [0.1, 0.15) is 17.5 Å². The first-order valence-corrected chi connectivity index (χ1v) is 11.5. The van der Waals surface area contributed by atoms with Crippen LogP contribution in [0.25, 0.3) is 0 Å². The van der Waals surface area contributed by atoms with E-state index in [1.165, 1.54) is 12.1 Å². The fourth-order valence-electron chi connectivity index (χ4n) is 3.21. The van der Waals surface area contributed by atoms with Crippen LogP contribution in [0.3, 0.4) is 0 Å². The van der Waals surface area contributed by atoms with Crippen LogP contribution in [0, 0.1) is 13.8 Å². The van der Waals surface area contributed by atoms with Crippen molar-refractivity contribution in [3.05, 3.63) is 34.8 Å². The lowest BCUT2D eigenvalue weighted by molar-refractivity contribution is -0.117. The maximum absolute atomic E-state index is 12.6. The lowest BCUT2D eigenvalue weighted by atomic mass is 10.1. The van der Waals surface area contributed by atoms with Crippen LogP contribution in [0.2, 0.25) is 0 Å². The highest BCUT2D eigenvalue weighted by atomic mass is 32.2. The number of nitrogens with zero attached hydrogens (tertiary/aromatic N) is 3. The van der Waals surface area contributed by atoms with Crippen molar-refractivity contribution in [2.45, 2.75) is 25.2 Å². The summed E-state index contributed by atoms with van der Waals surface area (Å²) in [6.45, 7) is 7.22. The quantitative estimate of drug-likeness (QED) is 0.755. The van der Waals surface area contributed by atoms with Gasteiger partial charge < -0.3 is 10.2 Å². The van der Waals surface area contributed by atoms with E-state index in [9.17, 15) is 13.2 Å². The summed E-state index contributed by atoms with van der Waals surface area (Å²) in [5, 5.41) is 11.1. The third-order valence-electron chi connectivity index (χ3n) is 4.89. The molecule has 8 nitrogen and oxygen atoms in total. The predicted molar refractivity (Wildman–Crippen MR) is 111 cm³/mol. The van der Waals surface area contributed by atoms with Crippen LogP contribution >= 0.6 is 11.3 Å². The number of hydrogen-bond donors (Lipinski definition) is 2. The van der Waals surface area contributed by atoms with E-state index >= 15 is 0 Å². The van der Waals surface area contributed by atoms with Crippen molar-refractivity contribution in [1.29, 1.82) is 0 Å². The molecule has 1 aromatic heterocycles. The Morgan fingerprint density at radius 1 is 1.25 bits per heavy atom. The van der Waals surface area contributed by atoms with Crippen molar-refractivity contribution in [2.75, 3.05) is 42.9 Å². The topological polar surface area (TPSA) is 109 Å². The number of aromatic nitrogens is 1. The molecule has 2 aromatic rings. The fraction of sp³-hybridized carbons (Fsp3) is 0.444. The molecule has 0 unspecified atom stereocenters. The van der Waals surface area contributed by atoms with Crippen molar-refractivity contribution in [3.8, 4) is 0 Å². The number of carbonyl (C=O) groups excluding carboxylic acids is 1. The Labute approximate surface area is 169 Å². The number of anilines is 2. The number of nitrogens with two attached hydrogens (primary N) is 1. The summed E-state index contributed by atoms with van der Waals surface area (Å²) >= 11 is 1.62. The van der Waals surface area contributed by atoms with Crippen molar-refractivity contribution in [3.63, 3.8) is 0 Å². The molecule has 152 valence electrons. The smallest absolute Gasteiger partial charge is 0.238 e. The molecule has 28 heavy (non-hydrogen) atoms. The van der Waals surface area contributed by atoms with Gasteiger partial charge in [-0.25, -0.2) is 18.5 Å². The van der Waals surface area contributed by atoms with Crippen molar-refractivity contribution < 1.29 is 13.2 Å². The van der Waals surface area contributed by atoms with Gasteiger partial charge >= 0.3 is 0 Å². The molecule has 1 aliphatic rings. The molecule has 3 N–H and O–H groups in total. The van der Waals surface area contributed by atoms with Gasteiger partial charge in [-0.2, -0.15) is 0 Å². The van der Waals surface area contributed by atoms with Gasteiger partial charge in [-0.3, -0.25) is 9.69 Å². The first-order valence-electron chi connectivity index (χ1n) is 9.05. The van der Waals surface area contributed by atoms with Gasteiger partial charge in [-0.05, 0) is 43.5 Å². The zero-order valence-electron chi connectivity index (χ0n) is 16.0. The normalized spacial score (nSPS) is 16.0. The number of carbonyl (C=O) groups is 1. The summed E-state index contributed by atoms with van der Waals surface area (Å²) in [5.74, 6) is -0.170. The minimum Gasteiger partial charge on any atom is -0.347 e. The fourth-order valence-corrected chi connectivity index (χ4v) is 4.53. The number of nitrogens with one attached hydrogen (secondary N) is 1. The minimum absolute atomic E-state index is 0.000220. The number of hydrogen-bond acceptors (Lipinski definition) is 7. The van der Waals surface area contributed by atoms with Crippen molar-refractivity contribution in [1.82, 2.24) is 9.88 Å². The first-order chi connectivity index (χ1) is 13.2. The molecule has 0 aliphatic carbocycles. The summed E-state index contributed by atoms with van der Waals surface area (Å²) < 4.78 is 23.3. The number of thiazole rings is 1. The van der Waals surface area contributed by atoms with E-state index in [4.69, 9.17) is 5.14 Å². The Hall–Kier alpha value is -2.01. The maximum Gasteiger partial charge on any atom is 0.238 e. The van der Waals surface area contributed by atoms with Gasteiger partial charge in [0.1, 0.15) is 0 Å².